The van der Waals surface area contributed by atoms with Crippen LogP contribution in [-0.4, -0.2) is 33.4 Å². The number of aryl methyl sites for hydroxylation is 1. The van der Waals surface area contributed by atoms with Crippen LogP contribution in [0.4, 0.5) is 0 Å². The summed E-state index contributed by atoms with van der Waals surface area (Å²) in [6.07, 6.45) is 2.37. The highest BCUT2D eigenvalue weighted by Gasteiger charge is 2.11. The largest absolute Gasteiger partial charge is 0.497 e. The molecule has 1 amide bonds. The fraction of sp³-hybridized carbons (Fsp3) is 0.182. The lowest BCUT2D eigenvalue weighted by Crippen LogP contribution is -2.23. The SMILES string of the molecule is COc1ccc(-c2noc(CCC(=O)NCc3ccc(-c4ccn[nH]4)cc3)n2)cc1. The van der Waals surface area contributed by atoms with Gasteiger partial charge in [0.25, 0.3) is 0 Å². The van der Waals surface area contributed by atoms with Crippen molar-refractivity contribution < 1.29 is 14.1 Å². The summed E-state index contributed by atoms with van der Waals surface area (Å²) in [6.45, 7) is 0.461. The van der Waals surface area contributed by atoms with Crippen LogP contribution >= 0.6 is 0 Å². The summed E-state index contributed by atoms with van der Waals surface area (Å²) in [5, 5.41) is 13.8. The molecule has 152 valence electrons. The van der Waals surface area contributed by atoms with Gasteiger partial charge in [-0.3, -0.25) is 9.89 Å². The first-order valence-corrected chi connectivity index (χ1v) is 9.53. The minimum Gasteiger partial charge on any atom is -0.497 e. The lowest BCUT2D eigenvalue weighted by molar-refractivity contribution is -0.121. The van der Waals surface area contributed by atoms with Crippen LogP contribution in [0.5, 0.6) is 5.75 Å². The smallest absolute Gasteiger partial charge is 0.227 e. The van der Waals surface area contributed by atoms with E-state index in [4.69, 9.17) is 9.26 Å². The molecule has 2 N–H and O–H groups in total. The lowest BCUT2D eigenvalue weighted by Gasteiger charge is -2.05. The molecule has 0 atom stereocenters. The summed E-state index contributed by atoms with van der Waals surface area (Å²) in [6, 6.07) is 17.2. The van der Waals surface area contributed by atoms with Crippen molar-refractivity contribution in [1.82, 2.24) is 25.7 Å². The molecule has 8 nitrogen and oxygen atoms in total. The summed E-state index contributed by atoms with van der Waals surface area (Å²) in [5.41, 5.74) is 3.85. The van der Waals surface area contributed by atoms with Crippen molar-refractivity contribution in [3.8, 4) is 28.4 Å². The molecule has 0 aliphatic heterocycles. The molecule has 0 saturated carbocycles. The number of nitrogens with one attached hydrogen (secondary N) is 2. The Bertz CT molecular complexity index is 1090. The van der Waals surface area contributed by atoms with Crippen LogP contribution in [-0.2, 0) is 17.8 Å². The van der Waals surface area contributed by atoms with E-state index in [1.54, 1.807) is 13.3 Å². The zero-order chi connectivity index (χ0) is 20.8. The number of amides is 1. The topological polar surface area (TPSA) is 106 Å². The van der Waals surface area contributed by atoms with Crippen molar-refractivity contribution in [2.24, 2.45) is 0 Å². The summed E-state index contributed by atoms with van der Waals surface area (Å²) < 4.78 is 10.4. The lowest BCUT2D eigenvalue weighted by atomic mass is 10.1. The zero-order valence-corrected chi connectivity index (χ0v) is 16.5. The van der Waals surface area contributed by atoms with Crippen molar-refractivity contribution >= 4 is 5.91 Å². The van der Waals surface area contributed by atoms with E-state index in [1.165, 1.54) is 0 Å². The quantitative estimate of drug-likeness (QED) is 0.467. The number of hydrogen-bond donors (Lipinski definition) is 2. The first-order valence-electron chi connectivity index (χ1n) is 9.53. The number of H-pyrrole nitrogens is 1. The number of hydrogen-bond acceptors (Lipinski definition) is 6. The van der Waals surface area contributed by atoms with Gasteiger partial charge in [0.15, 0.2) is 0 Å². The van der Waals surface area contributed by atoms with Crippen LogP contribution in [0.3, 0.4) is 0 Å². The third kappa shape index (κ3) is 4.72. The zero-order valence-electron chi connectivity index (χ0n) is 16.5. The molecule has 30 heavy (non-hydrogen) atoms. The third-order valence-electron chi connectivity index (χ3n) is 4.64. The number of carbonyl (C=O) groups excluding carboxylic acids is 1. The van der Waals surface area contributed by atoms with Gasteiger partial charge in [-0.2, -0.15) is 10.1 Å². The molecule has 8 heteroatoms. The predicted molar refractivity (Wildman–Crippen MR) is 110 cm³/mol. The van der Waals surface area contributed by atoms with E-state index in [-0.39, 0.29) is 12.3 Å². The average molecular weight is 403 g/mol. The maximum Gasteiger partial charge on any atom is 0.227 e. The number of benzene rings is 2. The monoisotopic (exact) mass is 403 g/mol. The fourth-order valence-electron chi connectivity index (χ4n) is 2.94. The van der Waals surface area contributed by atoms with Crippen LogP contribution in [0.1, 0.15) is 17.9 Å². The van der Waals surface area contributed by atoms with Crippen LogP contribution in [0.2, 0.25) is 0 Å². The molecule has 4 aromatic rings. The molecule has 0 saturated heterocycles. The normalized spacial score (nSPS) is 10.7. The van der Waals surface area contributed by atoms with Gasteiger partial charge < -0.3 is 14.6 Å². The number of methoxy groups -OCH3 is 1. The van der Waals surface area contributed by atoms with E-state index in [2.05, 4.69) is 25.7 Å². The number of nitrogens with zero attached hydrogens (tertiary/aromatic N) is 3. The number of rotatable bonds is 8. The van der Waals surface area contributed by atoms with Gasteiger partial charge in [-0.15, -0.1) is 0 Å². The Morgan fingerprint density at radius 2 is 1.83 bits per heavy atom. The predicted octanol–water partition coefficient (Wildman–Crippen LogP) is 3.38. The van der Waals surface area contributed by atoms with Crippen molar-refractivity contribution in [2.45, 2.75) is 19.4 Å². The summed E-state index contributed by atoms with van der Waals surface area (Å²) >= 11 is 0. The van der Waals surface area contributed by atoms with E-state index >= 15 is 0 Å². The molecule has 0 radical (unpaired) electrons. The number of aromatic nitrogens is 4. The van der Waals surface area contributed by atoms with E-state index in [1.807, 2.05) is 54.6 Å². The standard InChI is InChI=1S/C22H21N5O3/c1-29-18-8-6-17(7-9-18)22-25-21(30-27-22)11-10-20(28)23-14-15-2-4-16(5-3-15)19-12-13-24-26-19/h2-9,12-13H,10-11,14H2,1H3,(H,23,28)(H,24,26). The Morgan fingerprint density at radius 1 is 1.07 bits per heavy atom. The van der Waals surface area contributed by atoms with Gasteiger partial charge in [-0.25, -0.2) is 0 Å². The van der Waals surface area contributed by atoms with Gasteiger partial charge in [0.1, 0.15) is 5.75 Å². The Balaban J connectivity index is 1.25. The van der Waals surface area contributed by atoms with Crippen LogP contribution in [0.25, 0.3) is 22.6 Å². The molecule has 0 aliphatic carbocycles. The highest BCUT2D eigenvalue weighted by molar-refractivity contribution is 5.76. The van der Waals surface area contributed by atoms with Gasteiger partial charge in [-0.05, 0) is 41.5 Å². The Hall–Kier alpha value is -3.94. The first kappa shape index (κ1) is 19.4. The summed E-state index contributed by atoms with van der Waals surface area (Å²) in [4.78, 5) is 16.5. The van der Waals surface area contributed by atoms with Crippen molar-refractivity contribution in [3.63, 3.8) is 0 Å². The second-order valence-electron chi connectivity index (χ2n) is 6.68. The first-order chi connectivity index (χ1) is 14.7. The molecule has 2 aromatic heterocycles. The van der Waals surface area contributed by atoms with Crippen LogP contribution in [0.15, 0.2) is 65.3 Å². The van der Waals surface area contributed by atoms with Gasteiger partial charge in [0.05, 0.1) is 12.8 Å². The molecule has 0 aliphatic rings. The Labute approximate surface area is 173 Å². The van der Waals surface area contributed by atoms with Gasteiger partial charge in [-0.1, -0.05) is 29.4 Å². The van der Waals surface area contributed by atoms with Crippen LogP contribution < -0.4 is 10.1 Å². The maximum absolute atomic E-state index is 12.2. The number of aromatic amines is 1. The average Bonchev–Trinajstić information content (AvgIpc) is 3.49. The minimum absolute atomic E-state index is 0.0724. The van der Waals surface area contributed by atoms with E-state index in [0.29, 0.717) is 24.7 Å². The van der Waals surface area contributed by atoms with E-state index < -0.39 is 0 Å². The molecule has 0 bridgehead atoms. The van der Waals surface area contributed by atoms with Crippen molar-refractivity contribution in [2.75, 3.05) is 7.11 Å². The molecule has 2 heterocycles. The van der Waals surface area contributed by atoms with E-state index in [0.717, 1.165) is 28.1 Å². The Kier molecular flexibility index (Phi) is 5.84. The summed E-state index contributed by atoms with van der Waals surface area (Å²) in [7, 11) is 1.61. The van der Waals surface area contributed by atoms with Gasteiger partial charge >= 0.3 is 0 Å². The van der Waals surface area contributed by atoms with Crippen molar-refractivity contribution in [1.29, 1.82) is 0 Å². The van der Waals surface area contributed by atoms with E-state index in [9.17, 15) is 4.79 Å². The molecule has 4 rings (SSSR count). The molecule has 0 fully saturated rings. The number of carbonyl (C=O) groups is 1. The van der Waals surface area contributed by atoms with Crippen LogP contribution in [0, 0.1) is 0 Å². The fourth-order valence-corrected chi connectivity index (χ4v) is 2.94. The molecular weight excluding hydrogens is 382 g/mol. The highest BCUT2D eigenvalue weighted by Crippen LogP contribution is 2.20. The molecule has 0 spiro atoms. The third-order valence-corrected chi connectivity index (χ3v) is 4.64. The Morgan fingerprint density at radius 3 is 2.53 bits per heavy atom. The number of ether oxygens (including phenoxy) is 1. The van der Waals surface area contributed by atoms with Gasteiger partial charge in [0.2, 0.25) is 17.6 Å². The minimum atomic E-state index is -0.0724. The van der Waals surface area contributed by atoms with Gasteiger partial charge in [0, 0.05) is 31.1 Å². The summed E-state index contributed by atoms with van der Waals surface area (Å²) in [5.74, 6) is 1.61. The molecular formula is C22H21N5O3. The molecule has 2 aromatic carbocycles. The van der Waals surface area contributed by atoms with Crippen molar-refractivity contribution in [3.05, 3.63) is 72.2 Å². The molecule has 0 unspecified atom stereocenters. The second-order valence-corrected chi connectivity index (χ2v) is 6.68. The second kappa shape index (κ2) is 9.04. The highest BCUT2D eigenvalue weighted by atomic mass is 16.5. The maximum atomic E-state index is 12.2.